The molecule has 19 heavy (non-hydrogen) atoms. The summed E-state index contributed by atoms with van der Waals surface area (Å²) < 4.78 is 0. The van der Waals surface area contributed by atoms with Crippen molar-refractivity contribution in [1.82, 2.24) is 4.98 Å². The Labute approximate surface area is 114 Å². The molecule has 0 radical (unpaired) electrons. The lowest BCUT2D eigenvalue weighted by molar-refractivity contribution is 0.107. The summed E-state index contributed by atoms with van der Waals surface area (Å²) in [4.78, 5) is 25.8. The van der Waals surface area contributed by atoms with Gasteiger partial charge in [0.15, 0.2) is 0 Å². The molecular formula is C14H21BN2O2. The van der Waals surface area contributed by atoms with Gasteiger partial charge in [0.2, 0.25) is 12.8 Å². The molecule has 1 fully saturated rings. The summed E-state index contributed by atoms with van der Waals surface area (Å²) >= 11 is 0. The molecule has 102 valence electrons. The third-order valence-corrected chi connectivity index (χ3v) is 4.16. The average molecular weight is 260 g/mol. The van der Waals surface area contributed by atoms with E-state index >= 15 is 0 Å². The number of aromatic nitrogens is 1. The van der Waals surface area contributed by atoms with Crippen molar-refractivity contribution in [3.8, 4) is 0 Å². The molecule has 3 N–H and O–H groups in total. The minimum Gasteiger partial charge on any atom is -0.330 e. The van der Waals surface area contributed by atoms with Gasteiger partial charge in [0.05, 0.1) is 0 Å². The molecule has 0 spiro atoms. The van der Waals surface area contributed by atoms with Gasteiger partial charge in [0.1, 0.15) is 5.68 Å². The predicted octanol–water partition coefficient (Wildman–Crippen LogP) is 1.28. The topological polar surface area (TPSA) is 76.0 Å². The molecule has 1 aromatic heterocycles. The van der Waals surface area contributed by atoms with Gasteiger partial charge in [-0.05, 0) is 24.9 Å². The molecule has 0 aromatic carbocycles. The fourth-order valence-corrected chi connectivity index (χ4v) is 3.09. The lowest BCUT2D eigenvalue weighted by Crippen LogP contribution is -2.27. The number of pyridine rings is 1. The van der Waals surface area contributed by atoms with Crippen molar-refractivity contribution in [2.45, 2.75) is 37.9 Å². The first-order chi connectivity index (χ1) is 9.20. The van der Waals surface area contributed by atoms with E-state index in [1.807, 2.05) is 0 Å². The van der Waals surface area contributed by atoms with Crippen LogP contribution in [-0.2, 0) is 0 Å². The van der Waals surface area contributed by atoms with Crippen molar-refractivity contribution in [1.29, 1.82) is 0 Å². The Morgan fingerprint density at radius 1 is 1.37 bits per heavy atom. The van der Waals surface area contributed by atoms with Crippen molar-refractivity contribution in [2.24, 2.45) is 11.7 Å². The normalized spacial score (nSPS) is 23.0. The highest BCUT2D eigenvalue weighted by Gasteiger charge is 2.28. The second-order valence-electron chi connectivity index (χ2n) is 5.45. The zero-order chi connectivity index (χ0) is 13.7. The van der Waals surface area contributed by atoms with E-state index in [4.69, 9.17) is 5.73 Å². The molecule has 1 aromatic rings. The van der Waals surface area contributed by atoms with E-state index in [9.17, 15) is 9.59 Å². The molecule has 2 atom stereocenters. The number of aromatic amines is 1. The number of carbonyl (C=O) groups excluding carboxylic acids is 1. The largest absolute Gasteiger partial charge is 0.330 e. The standard InChI is InChI=1S/C14H21BN2O2/c16-8-7-10-3-1-2-4-12(10)15-14(19)11-5-6-13(18)17-9-11/h5-6,9-10,12,15H,1-4,7-8,16H2,(H,17,18). The molecule has 0 saturated heterocycles. The van der Waals surface area contributed by atoms with Crippen molar-refractivity contribution in [3.63, 3.8) is 0 Å². The van der Waals surface area contributed by atoms with Crippen LogP contribution in [0, 0.1) is 5.92 Å². The van der Waals surface area contributed by atoms with Crippen LogP contribution in [0.3, 0.4) is 0 Å². The number of nitrogens with one attached hydrogen (secondary N) is 1. The van der Waals surface area contributed by atoms with Crippen LogP contribution in [0.2, 0.25) is 5.82 Å². The Hall–Kier alpha value is -1.36. The molecule has 2 unspecified atom stereocenters. The molecule has 0 bridgehead atoms. The van der Waals surface area contributed by atoms with Crippen LogP contribution in [0.25, 0.3) is 0 Å². The molecule has 1 saturated carbocycles. The van der Waals surface area contributed by atoms with Gasteiger partial charge in [-0.25, -0.2) is 0 Å². The Morgan fingerprint density at radius 2 is 2.16 bits per heavy atom. The maximum atomic E-state index is 12.2. The first kappa shape index (κ1) is 14.1. The molecule has 0 amide bonds. The third kappa shape index (κ3) is 3.80. The van der Waals surface area contributed by atoms with Crippen molar-refractivity contribution in [3.05, 3.63) is 34.2 Å². The van der Waals surface area contributed by atoms with Gasteiger partial charge in [-0.2, -0.15) is 0 Å². The maximum Gasteiger partial charge on any atom is 0.247 e. The van der Waals surface area contributed by atoms with E-state index < -0.39 is 0 Å². The second kappa shape index (κ2) is 6.71. The van der Waals surface area contributed by atoms with Crippen LogP contribution in [0.4, 0.5) is 0 Å². The zero-order valence-electron chi connectivity index (χ0n) is 11.2. The summed E-state index contributed by atoms with van der Waals surface area (Å²) in [6, 6.07) is 3.02. The molecule has 1 aliphatic carbocycles. The van der Waals surface area contributed by atoms with Crippen LogP contribution < -0.4 is 11.3 Å². The van der Waals surface area contributed by atoms with Gasteiger partial charge in [0.25, 0.3) is 0 Å². The van der Waals surface area contributed by atoms with E-state index in [0.29, 0.717) is 31.1 Å². The third-order valence-electron chi connectivity index (χ3n) is 4.16. The fourth-order valence-electron chi connectivity index (χ4n) is 3.09. The Morgan fingerprint density at radius 3 is 2.84 bits per heavy atom. The van der Waals surface area contributed by atoms with E-state index in [2.05, 4.69) is 4.98 Å². The smallest absolute Gasteiger partial charge is 0.247 e. The summed E-state index contributed by atoms with van der Waals surface area (Å²) in [5.41, 5.74) is 6.22. The highest BCUT2D eigenvalue weighted by Crippen LogP contribution is 2.36. The molecule has 5 heteroatoms. The van der Waals surface area contributed by atoms with Crippen molar-refractivity contribution >= 4 is 13.0 Å². The van der Waals surface area contributed by atoms with Crippen molar-refractivity contribution in [2.75, 3.05) is 6.54 Å². The number of hydrogen-bond donors (Lipinski definition) is 2. The lowest BCUT2D eigenvalue weighted by Gasteiger charge is -2.30. The van der Waals surface area contributed by atoms with Gasteiger partial charge >= 0.3 is 0 Å². The molecule has 2 rings (SSSR count). The van der Waals surface area contributed by atoms with Gasteiger partial charge in [-0.15, -0.1) is 0 Å². The van der Waals surface area contributed by atoms with Gasteiger partial charge in [-0.3, -0.25) is 4.79 Å². The monoisotopic (exact) mass is 260 g/mol. The minimum absolute atomic E-state index is 0.130. The molecule has 1 heterocycles. The van der Waals surface area contributed by atoms with E-state index in [0.717, 1.165) is 12.8 Å². The first-order valence-electron chi connectivity index (χ1n) is 7.12. The number of hydrogen-bond acceptors (Lipinski definition) is 3. The molecular weight excluding hydrogens is 239 g/mol. The second-order valence-corrected chi connectivity index (χ2v) is 5.45. The lowest BCUT2D eigenvalue weighted by atomic mass is 9.51. The number of nitrogens with two attached hydrogens (primary N) is 1. The SMILES string of the molecule is NCCC1CCCCC1BC(=O)c1ccc(=O)[nH]c1. The Balaban J connectivity index is 2.00. The summed E-state index contributed by atoms with van der Waals surface area (Å²) in [6.07, 6.45) is 7.33. The van der Waals surface area contributed by atoms with E-state index in [1.165, 1.54) is 31.5 Å². The summed E-state index contributed by atoms with van der Waals surface area (Å²) in [6.45, 7) is 0.702. The highest BCUT2D eigenvalue weighted by atomic mass is 16.1. The highest BCUT2D eigenvalue weighted by molar-refractivity contribution is 6.78. The van der Waals surface area contributed by atoms with Crippen LogP contribution in [-0.4, -0.2) is 24.5 Å². The summed E-state index contributed by atoms with van der Waals surface area (Å²) in [7, 11) is 0.580. The summed E-state index contributed by atoms with van der Waals surface area (Å²) in [5, 5.41) is 0. The zero-order valence-corrected chi connectivity index (χ0v) is 11.2. The first-order valence-corrected chi connectivity index (χ1v) is 7.12. The van der Waals surface area contributed by atoms with Crippen LogP contribution in [0.15, 0.2) is 23.1 Å². The quantitative estimate of drug-likeness (QED) is 0.783. The van der Waals surface area contributed by atoms with Crippen LogP contribution in [0.5, 0.6) is 0 Å². The van der Waals surface area contributed by atoms with E-state index in [1.54, 1.807) is 6.07 Å². The predicted molar refractivity (Wildman–Crippen MR) is 77.9 cm³/mol. The van der Waals surface area contributed by atoms with Gasteiger partial charge in [-0.1, -0.05) is 31.5 Å². The number of carbonyl (C=O) groups is 1. The molecule has 4 nitrogen and oxygen atoms in total. The van der Waals surface area contributed by atoms with Crippen LogP contribution in [0.1, 0.15) is 42.5 Å². The van der Waals surface area contributed by atoms with Gasteiger partial charge < -0.3 is 15.5 Å². The summed E-state index contributed by atoms with van der Waals surface area (Å²) in [5.74, 6) is 1.04. The number of rotatable bonds is 5. The maximum absolute atomic E-state index is 12.2. The minimum atomic E-state index is -0.171. The number of H-pyrrole nitrogens is 1. The van der Waals surface area contributed by atoms with Crippen molar-refractivity contribution < 1.29 is 4.79 Å². The average Bonchev–Trinajstić information content (AvgIpc) is 2.42. The van der Waals surface area contributed by atoms with Gasteiger partial charge in [0, 0.05) is 17.8 Å². The molecule has 0 aliphatic heterocycles. The van der Waals surface area contributed by atoms with Crippen LogP contribution >= 0.6 is 0 Å². The Kier molecular flexibility index (Phi) is 4.96. The fraction of sp³-hybridized carbons (Fsp3) is 0.571. The van der Waals surface area contributed by atoms with E-state index in [-0.39, 0.29) is 11.2 Å². The molecule has 1 aliphatic rings. The Bertz CT molecular complexity index is 464.